The summed E-state index contributed by atoms with van der Waals surface area (Å²) in [6.07, 6.45) is 1.95. The van der Waals surface area contributed by atoms with Crippen molar-refractivity contribution in [2.24, 2.45) is 11.7 Å². The number of nitrogens with zero attached hydrogens (tertiary/aromatic N) is 2. The highest BCUT2D eigenvalue weighted by Crippen LogP contribution is 2.05. The number of hydrogen-bond donors (Lipinski definition) is 2. The number of rotatable bonds is 8. The summed E-state index contributed by atoms with van der Waals surface area (Å²) in [7, 11) is 0. The van der Waals surface area contributed by atoms with E-state index in [1.54, 1.807) is 0 Å². The number of amides is 1. The van der Waals surface area contributed by atoms with Gasteiger partial charge in [-0.3, -0.25) is 4.79 Å². The molecule has 1 rings (SSSR count). The van der Waals surface area contributed by atoms with E-state index in [1.165, 1.54) is 13.1 Å². The maximum atomic E-state index is 11.8. The highest BCUT2D eigenvalue weighted by Gasteiger charge is 2.19. The second-order valence-corrected chi connectivity index (χ2v) is 5.83. The van der Waals surface area contributed by atoms with Crippen LogP contribution in [0.5, 0.6) is 0 Å². The SMILES string of the molecule is CCC(C)C(N)C(=O)NCCCN1CCN(CC)CC1. The number of carbonyl (C=O) groups excluding carboxylic acids is 1. The highest BCUT2D eigenvalue weighted by atomic mass is 16.2. The molecule has 1 aliphatic rings. The summed E-state index contributed by atoms with van der Waals surface area (Å²) in [6.45, 7) is 13.9. The van der Waals surface area contributed by atoms with E-state index in [4.69, 9.17) is 5.73 Å². The molecule has 0 radical (unpaired) electrons. The third-order valence-corrected chi connectivity index (χ3v) is 4.42. The van der Waals surface area contributed by atoms with Gasteiger partial charge in [0.25, 0.3) is 0 Å². The molecular weight excluding hydrogens is 252 g/mol. The standard InChI is InChI=1S/C15H32N4O/c1-4-13(3)14(16)15(20)17-7-6-8-19-11-9-18(5-2)10-12-19/h13-14H,4-12,16H2,1-3H3,(H,17,20). The van der Waals surface area contributed by atoms with Gasteiger partial charge in [-0.15, -0.1) is 0 Å². The predicted octanol–water partition coefficient (Wildman–Crippen LogP) is 0.504. The van der Waals surface area contributed by atoms with Crippen molar-refractivity contribution in [3.8, 4) is 0 Å². The lowest BCUT2D eigenvalue weighted by molar-refractivity contribution is -0.123. The Labute approximate surface area is 123 Å². The van der Waals surface area contributed by atoms with Gasteiger partial charge in [-0.2, -0.15) is 0 Å². The molecule has 5 nitrogen and oxygen atoms in total. The molecule has 2 atom stereocenters. The van der Waals surface area contributed by atoms with Crippen LogP contribution in [0, 0.1) is 5.92 Å². The Kier molecular flexibility index (Phi) is 8.11. The van der Waals surface area contributed by atoms with Crippen molar-refractivity contribution in [3.63, 3.8) is 0 Å². The topological polar surface area (TPSA) is 61.6 Å². The zero-order valence-electron chi connectivity index (χ0n) is 13.4. The van der Waals surface area contributed by atoms with Crippen LogP contribution in [0.4, 0.5) is 0 Å². The molecule has 0 aromatic carbocycles. The van der Waals surface area contributed by atoms with Crippen LogP contribution in [-0.2, 0) is 4.79 Å². The second kappa shape index (κ2) is 9.32. The van der Waals surface area contributed by atoms with Gasteiger partial charge in [-0.05, 0) is 25.4 Å². The maximum Gasteiger partial charge on any atom is 0.237 e. The van der Waals surface area contributed by atoms with Crippen molar-refractivity contribution in [3.05, 3.63) is 0 Å². The molecule has 3 N–H and O–H groups in total. The van der Waals surface area contributed by atoms with Crippen LogP contribution >= 0.6 is 0 Å². The van der Waals surface area contributed by atoms with Crippen molar-refractivity contribution in [2.45, 2.75) is 39.7 Å². The molecule has 1 aliphatic heterocycles. The summed E-state index contributed by atoms with van der Waals surface area (Å²) in [6, 6.07) is -0.368. The van der Waals surface area contributed by atoms with Gasteiger partial charge in [0.05, 0.1) is 6.04 Å². The first kappa shape index (κ1) is 17.4. The summed E-state index contributed by atoms with van der Waals surface area (Å²) in [5, 5.41) is 2.96. The van der Waals surface area contributed by atoms with Gasteiger partial charge in [0.1, 0.15) is 0 Å². The molecule has 0 bridgehead atoms. The Hall–Kier alpha value is -0.650. The number of piperazine rings is 1. The third-order valence-electron chi connectivity index (χ3n) is 4.42. The van der Waals surface area contributed by atoms with E-state index in [0.717, 1.165) is 45.6 Å². The zero-order chi connectivity index (χ0) is 15.0. The number of nitrogens with one attached hydrogen (secondary N) is 1. The van der Waals surface area contributed by atoms with Crippen LogP contribution in [0.3, 0.4) is 0 Å². The molecule has 1 heterocycles. The molecular formula is C15H32N4O. The molecule has 0 aromatic rings. The Morgan fingerprint density at radius 3 is 2.35 bits per heavy atom. The summed E-state index contributed by atoms with van der Waals surface area (Å²) in [4.78, 5) is 16.8. The first-order chi connectivity index (χ1) is 9.58. The molecule has 0 saturated carbocycles. The molecule has 118 valence electrons. The molecule has 5 heteroatoms. The Morgan fingerprint density at radius 2 is 1.80 bits per heavy atom. The summed E-state index contributed by atoms with van der Waals surface area (Å²) < 4.78 is 0. The van der Waals surface area contributed by atoms with Crippen molar-refractivity contribution in [1.29, 1.82) is 0 Å². The van der Waals surface area contributed by atoms with Gasteiger partial charge < -0.3 is 20.9 Å². The Balaban J connectivity index is 2.09. The summed E-state index contributed by atoms with van der Waals surface area (Å²) in [5.41, 5.74) is 5.90. The third kappa shape index (κ3) is 5.77. The van der Waals surface area contributed by atoms with Gasteiger partial charge in [0.15, 0.2) is 0 Å². The summed E-state index contributed by atoms with van der Waals surface area (Å²) in [5.74, 6) is 0.243. The van der Waals surface area contributed by atoms with E-state index in [-0.39, 0.29) is 17.9 Å². The first-order valence-corrected chi connectivity index (χ1v) is 8.06. The van der Waals surface area contributed by atoms with Crippen LogP contribution < -0.4 is 11.1 Å². The van der Waals surface area contributed by atoms with Crippen molar-refractivity contribution < 1.29 is 4.79 Å². The van der Waals surface area contributed by atoms with Crippen LogP contribution in [-0.4, -0.2) is 67.6 Å². The first-order valence-electron chi connectivity index (χ1n) is 8.06. The molecule has 20 heavy (non-hydrogen) atoms. The number of carbonyl (C=O) groups is 1. The van der Waals surface area contributed by atoms with Gasteiger partial charge in [-0.25, -0.2) is 0 Å². The van der Waals surface area contributed by atoms with E-state index < -0.39 is 0 Å². The molecule has 1 saturated heterocycles. The number of likely N-dealkylation sites (N-methyl/N-ethyl adjacent to an activating group) is 1. The van der Waals surface area contributed by atoms with E-state index in [9.17, 15) is 4.79 Å². The zero-order valence-corrected chi connectivity index (χ0v) is 13.4. The molecule has 0 aliphatic carbocycles. The van der Waals surface area contributed by atoms with Crippen molar-refractivity contribution in [1.82, 2.24) is 15.1 Å². The average Bonchev–Trinajstić information content (AvgIpc) is 2.50. The minimum Gasteiger partial charge on any atom is -0.355 e. The van der Waals surface area contributed by atoms with Crippen LogP contribution in [0.25, 0.3) is 0 Å². The number of hydrogen-bond acceptors (Lipinski definition) is 4. The maximum absolute atomic E-state index is 11.8. The molecule has 2 unspecified atom stereocenters. The number of nitrogens with two attached hydrogens (primary N) is 1. The average molecular weight is 284 g/mol. The van der Waals surface area contributed by atoms with E-state index in [0.29, 0.717) is 0 Å². The van der Waals surface area contributed by atoms with Crippen molar-refractivity contribution >= 4 is 5.91 Å². The van der Waals surface area contributed by atoms with Gasteiger partial charge in [0, 0.05) is 32.7 Å². The van der Waals surface area contributed by atoms with Crippen LogP contribution in [0.1, 0.15) is 33.6 Å². The fourth-order valence-electron chi connectivity index (χ4n) is 2.47. The lowest BCUT2D eigenvalue weighted by Gasteiger charge is -2.34. The van der Waals surface area contributed by atoms with Gasteiger partial charge in [0.2, 0.25) is 5.91 Å². The fourth-order valence-corrected chi connectivity index (χ4v) is 2.47. The summed E-state index contributed by atoms with van der Waals surface area (Å²) >= 11 is 0. The second-order valence-electron chi connectivity index (χ2n) is 5.83. The Bertz CT molecular complexity index is 277. The van der Waals surface area contributed by atoms with Gasteiger partial charge in [-0.1, -0.05) is 27.2 Å². The minimum atomic E-state index is -0.368. The lowest BCUT2D eigenvalue weighted by atomic mass is 9.99. The van der Waals surface area contributed by atoms with E-state index >= 15 is 0 Å². The largest absolute Gasteiger partial charge is 0.355 e. The molecule has 1 fully saturated rings. The van der Waals surface area contributed by atoms with E-state index in [1.807, 2.05) is 6.92 Å². The van der Waals surface area contributed by atoms with E-state index in [2.05, 4.69) is 29.0 Å². The minimum absolute atomic E-state index is 0.00449. The molecule has 1 amide bonds. The highest BCUT2D eigenvalue weighted by molar-refractivity contribution is 5.81. The predicted molar refractivity (Wildman–Crippen MR) is 83.6 cm³/mol. The fraction of sp³-hybridized carbons (Fsp3) is 0.933. The Morgan fingerprint density at radius 1 is 1.20 bits per heavy atom. The van der Waals surface area contributed by atoms with Crippen LogP contribution in [0.15, 0.2) is 0 Å². The lowest BCUT2D eigenvalue weighted by Crippen LogP contribution is -2.47. The van der Waals surface area contributed by atoms with Crippen molar-refractivity contribution in [2.75, 3.05) is 45.8 Å². The quantitative estimate of drug-likeness (QED) is 0.637. The van der Waals surface area contributed by atoms with Gasteiger partial charge >= 0.3 is 0 Å². The molecule has 0 aromatic heterocycles. The monoisotopic (exact) mass is 284 g/mol. The molecule has 0 spiro atoms. The van der Waals surface area contributed by atoms with Crippen LogP contribution in [0.2, 0.25) is 0 Å². The smallest absolute Gasteiger partial charge is 0.237 e. The normalized spacial score (nSPS) is 20.6.